The van der Waals surface area contributed by atoms with Crippen LogP contribution >= 0.6 is 0 Å². The van der Waals surface area contributed by atoms with Gasteiger partial charge in [-0.15, -0.1) is 0 Å². The molecule has 4 aliphatic heterocycles. The van der Waals surface area contributed by atoms with E-state index in [4.69, 9.17) is 14.9 Å². The minimum atomic E-state index is -0.507. The summed E-state index contributed by atoms with van der Waals surface area (Å²) in [6.07, 6.45) is 2.13. The maximum Gasteiger partial charge on any atom is 0.229 e. The van der Waals surface area contributed by atoms with E-state index in [-0.39, 0.29) is 23.8 Å². The molecule has 1 aromatic heterocycles. The van der Waals surface area contributed by atoms with E-state index in [2.05, 4.69) is 4.98 Å². The van der Waals surface area contributed by atoms with Gasteiger partial charge in [-0.05, 0) is 25.0 Å². The van der Waals surface area contributed by atoms with Gasteiger partial charge in [-0.3, -0.25) is 9.59 Å². The van der Waals surface area contributed by atoms with E-state index >= 15 is 0 Å². The van der Waals surface area contributed by atoms with Crippen LogP contribution in [-0.2, 0) is 27.3 Å². The number of ether oxygens (including phenoxy) is 1. The fourth-order valence-electron chi connectivity index (χ4n) is 5.97. The average Bonchev–Trinajstić information content (AvgIpc) is 3.53. The topological polar surface area (TPSA) is 102 Å². The number of benzene rings is 1. The molecule has 31 heavy (non-hydrogen) atoms. The van der Waals surface area contributed by atoms with Crippen molar-refractivity contribution in [3.8, 4) is 11.5 Å². The number of rotatable bonds is 4. The normalized spacial score (nSPS) is 31.3. The Morgan fingerprint density at radius 3 is 2.94 bits per heavy atom. The number of nitrogens with two attached hydrogens (primary N) is 1. The molecule has 162 valence electrons. The standard InChI is InChI=1S/C23H26N4O4/c24-9-11-27-13-23-8-6-17(31-23)18(19(23)22(27)29)21(28)26-10-7-16-15(12-26)25-20(30-16)14-4-2-1-3-5-14/h1-5,17-19H,6-13,24H2/t17-,18-,19+,23-/m0/s1. The first-order valence-electron chi connectivity index (χ1n) is 11.1. The lowest BCUT2D eigenvalue weighted by atomic mass is 9.72. The van der Waals surface area contributed by atoms with Crippen molar-refractivity contribution in [2.75, 3.05) is 26.2 Å². The molecule has 0 unspecified atom stereocenters. The number of aromatic nitrogens is 1. The Kier molecular flexibility index (Phi) is 4.23. The van der Waals surface area contributed by atoms with Crippen LogP contribution in [0.1, 0.15) is 24.3 Å². The van der Waals surface area contributed by atoms with Crippen LogP contribution in [0.2, 0.25) is 0 Å². The highest BCUT2D eigenvalue weighted by Gasteiger charge is 2.69. The van der Waals surface area contributed by atoms with Crippen molar-refractivity contribution in [2.24, 2.45) is 17.6 Å². The molecule has 0 radical (unpaired) electrons. The van der Waals surface area contributed by atoms with Crippen LogP contribution in [0.25, 0.3) is 11.5 Å². The van der Waals surface area contributed by atoms with Gasteiger partial charge in [0, 0.05) is 31.6 Å². The molecule has 8 heteroatoms. The fraction of sp³-hybridized carbons (Fsp3) is 0.522. The van der Waals surface area contributed by atoms with Crippen molar-refractivity contribution in [2.45, 2.75) is 37.5 Å². The lowest BCUT2D eigenvalue weighted by Gasteiger charge is -2.33. The maximum absolute atomic E-state index is 13.6. The lowest BCUT2D eigenvalue weighted by Crippen LogP contribution is -2.48. The molecule has 3 saturated heterocycles. The van der Waals surface area contributed by atoms with Crippen LogP contribution in [0.4, 0.5) is 0 Å². The molecule has 2 N–H and O–H groups in total. The molecule has 2 amide bonds. The fourth-order valence-corrected chi connectivity index (χ4v) is 5.97. The summed E-state index contributed by atoms with van der Waals surface area (Å²) < 4.78 is 12.3. The predicted octanol–water partition coefficient (Wildman–Crippen LogP) is 1.19. The Balaban J connectivity index is 1.24. The third-order valence-corrected chi connectivity index (χ3v) is 7.35. The van der Waals surface area contributed by atoms with E-state index in [1.165, 1.54) is 0 Å². The molecule has 4 atom stereocenters. The molecule has 0 saturated carbocycles. The predicted molar refractivity (Wildman–Crippen MR) is 111 cm³/mol. The van der Waals surface area contributed by atoms with Gasteiger partial charge in [0.2, 0.25) is 17.7 Å². The van der Waals surface area contributed by atoms with E-state index in [1.54, 1.807) is 4.90 Å². The van der Waals surface area contributed by atoms with Gasteiger partial charge in [0.25, 0.3) is 0 Å². The number of nitrogens with zero attached hydrogens (tertiary/aromatic N) is 3. The summed E-state index contributed by atoms with van der Waals surface area (Å²) in [5.74, 6) is 0.668. The summed E-state index contributed by atoms with van der Waals surface area (Å²) >= 11 is 0. The molecule has 2 aromatic rings. The number of hydrogen-bond acceptors (Lipinski definition) is 6. The average molecular weight is 422 g/mol. The molecule has 1 spiro atoms. The van der Waals surface area contributed by atoms with Crippen molar-refractivity contribution in [1.82, 2.24) is 14.8 Å². The van der Waals surface area contributed by atoms with Crippen molar-refractivity contribution in [3.05, 3.63) is 41.8 Å². The number of fused-ring (bicyclic) bond motifs is 2. The van der Waals surface area contributed by atoms with Gasteiger partial charge in [0.05, 0.1) is 36.6 Å². The largest absolute Gasteiger partial charge is 0.441 e. The van der Waals surface area contributed by atoms with Gasteiger partial charge in [-0.2, -0.15) is 0 Å². The first kappa shape index (κ1) is 19.0. The summed E-state index contributed by atoms with van der Waals surface area (Å²) in [6, 6.07) is 9.78. The summed E-state index contributed by atoms with van der Waals surface area (Å²) in [7, 11) is 0. The van der Waals surface area contributed by atoms with Gasteiger partial charge >= 0.3 is 0 Å². The molecule has 5 heterocycles. The smallest absolute Gasteiger partial charge is 0.229 e. The number of amides is 2. The van der Waals surface area contributed by atoms with Crippen LogP contribution in [0, 0.1) is 11.8 Å². The third kappa shape index (κ3) is 2.78. The quantitative estimate of drug-likeness (QED) is 0.794. The Morgan fingerprint density at radius 2 is 2.13 bits per heavy atom. The van der Waals surface area contributed by atoms with E-state index in [1.807, 2.05) is 35.2 Å². The summed E-state index contributed by atoms with van der Waals surface area (Å²) in [4.78, 5) is 35.0. The Morgan fingerprint density at radius 1 is 1.29 bits per heavy atom. The lowest BCUT2D eigenvalue weighted by molar-refractivity contribution is -0.145. The zero-order chi connectivity index (χ0) is 21.2. The molecule has 8 nitrogen and oxygen atoms in total. The number of carbonyl (C=O) groups excluding carboxylic acids is 2. The Labute approximate surface area is 180 Å². The zero-order valence-corrected chi connectivity index (χ0v) is 17.3. The first-order chi connectivity index (χ1) is 15.1. The number of oxazole rings is 1. The van der Waals surface area contributed by atoms with Crippen molar-refractivity contribution < 1.29 is 18.7 Å². The number of likely N-dealkylation sites (tertiary alicyclic amines) is 1. The van der Waals surface area contributed by atoms with E-state index < -0.39 is 11.5 Å². The molecular formula is C23H26N4O4. The Bertz CT molecular complexity index is 1040. The number of hydrogen-bond donors (Lipinski definition) is 1. The van der Waals surface area contributed by atoms with Gasteiger partial charge in [-0.1, -0.05) is 18.2 Å². The van der Waals surface area contributed by atoms with Gasteiger partial charge in [0.1, 0.15) is 11.5 Å². The molecule has 1 aromatic carbocycles. The van der Waals surface area contributed by atoms with Gasteiger partial charge < -0.3 is 24.7 Å². The van der Waals surface area contributed by atoms with E-state index in [0.29, 0.717) is 45.0 Å². The van der Waals surface area contributed by atoms with Crippen LogP contribution in [0.3, 0.4) is 0 Å². The summed E-state index contributed by atoms with van der Waals surface area (Å²) in [5, 5.41) is 0. The van der Waals surface area contributed by atoms with Crippen LogP contribution in [0.15, 0.2) is 34.7 Å². The van der Waals surface area contributed by atoms with Crippen molar-refractivity contribution in [3.63, 3.8) is 0 Å². The Hall–Kier alpha value is -2.71. The SMILES string of the molecule is NCCN1C[C@]23CC[C@H](O2)[C@H](C(=O)N2CCc4oc(-c5ccccc5)nc4C2)[C@@H]3C1=O. The maximum atomic E-state index is 13.6. The minimum Gasteiger partial charge on any atom is -0.441 e. The third-order valence-electron chi connectivity index (χ3n) is 7.35. The molecule has 2 bridgehead atoms. The van der Waals surface area contributed by atoms with E-state index in [0.717, 1.165) is 29.9 Å². The van der Waals surface area contributed by atoms with Gasteiger partial charge in [0.15, 0.2) is 0 Å². The molecule has 6 rings (SSSR count). The highest BCUT2D eigenvalue weighted by Crippen LogP contribution is 2.55. The van der Waals surface area contributed by atoms with Gasteiger partial charge in [-0.25, -0.2) is 4.98 Å². The highest BCUT2D eigenvalue weighted by atomic mass is 16.5. The van der Waals surface area contributed by atoms with Crippen LogP contribution < -0.4 is 5.73 Å². The van der Waals surface area contributed by atoms with Crippen molar-refractivity contribution >= 4 is 11.8 Å². The minimum absolute atomic E-state index is 0.00874. The second-order valence-electron chi connectivity index (χ2n) is 9.08. The van der Waals surface area contributed by atoms with Crippen LogP contribution in [0.5, 0.6) is 0 Å². The molecule has 4 aliphatic rings. The highest BCUT2D eigenvalue weighted by molar-refractivity contribution is 5.92. The molecule has 3 fully saturated rings. The zero-order valence-electron chi connectivity index (χ0n) is 17.3. The van der Waals surface area contributed by atoms with Crippen molar-refractivity contribution in [1.29, 1.82) is 0 Å². The second-order valence-corrected chi connectivity index (χ2v) is 9.08. The molecule has 0 aliphatic carbocycles. The molecular weight excluding hydrogens is 396 g/mol. The summed E-state index contributed by atoms with van der Waals surface area (Å²) in [5.41, 5.74) is 6.91. The van der Waals surface area contributed by atoms with E-state index in [9.17, 15) is 9.59 Å². The first-order valence-corrected chi connectivity index (χ1v) is 11.1. The summed E-state index contributed by atoms with van der Waals surface area (Å²) in [6.45, 7) is 2.47. The number of carbonyl (C=O) groups is 2. The second kappa shape index (κ2) is 6.90. The van der Waals surface area contributed by atoms with Crippen LogP contribution in [-0.4, -0.2) is 64.5 Å². The monoisotopic (exact) mass is 422 g/mol.